The number of esters is 1. The van der Waals surface area contributed by atoms with Crippen LogP contribution in [0.1, 0.15) is 22.8 Å². The molecular weight excluding hydrogens is 360 g/mol. The minimum atomic E-state index is -0.357. The normalized spacial score (nSPS) is 10.5. The van der Waals surface area contributed by atoms with Crippen LogP contribution in [0.3, 0.4) is 0 Å². The second-order valence-corrected chi connectivity index (χ2v) is 6.07. The van der Waals surface area contributed by atoms with E-state index in [0.29, 0.717) is 41.3 Å². The van der Waals surface area contributed by atoms with Crippen molar-refractivity contribution in [2.75, 3.05) is 26.1 Å². The Labute approximate surface area is 162 Å². The summed E-state index contributed by atoms with van der Waals surface area (Å²) >= 11 is 0. The van der Waals surface area contributed by atoms with Gasteiger partial charge in [-0.05, 0) is 43.3 Å². The molecule has 0 amide bonds. The molecule has 3 aromatic rings. The van der Waals surface area contributed by atoms with Gasteiger partial charge in [0.1, 0.15) is 0 Å². The van der Waals surface area contributed by atoms with Crippen molar-refractivity contribution < 1.29 is 19.0 Å². The average Bonchev–Trinajstić information content (AvgIpc) is 2.71. The molecule has 0 saturated carbocycles. The first kappa shape index (κ1) is 19.3. The summed E-state index contributed by atoms with van der Waals surface area (Å²) in [6, 6.07) is 12.3. The van der Waals surface area contributed by atoms with E-state index in [9.17, 15) is 9.59 Å². The molecule has 7 nitrogen and oxygen atoms in total. The van der Waals surface area contributed by atoms with Crippen molar-refractivity contribution in [1.29, 1.82) is 0 Å². The lowest BCUT2D eigenvalue weighted by Gasteiger charge is -2.11. The zero-order valence-corrected chi connectivity index (χ0v) is 16.0. The number of ether oxygens (including phenoxy) is 3. The lowest BCUT2D eigenvalue weighted by atomic mass is 10.1. The molecule has 0 bridgehead atoms. The van der Waals surface area contributed by atoms with E-state index in [4.69, 9.17) is 14.2 Å². The number of benzene rings is 2. The van der Waals surface area contributed by atoms with Gasteiger partial charge in [0.15, 0.2) is 11.5 Å². The number of carbonyl (C=O) groups is 1. The van der Waals surface area contributed by atoms with Gasteiger partial charge >= 0.3 is 5.97 Å². The fourth-order valence-electron chi connectivity index (χ4n) is 2.85. The number of hydrogen-bond acceptors (Lipinski definition) is 6. The summed E-state index contributed by atoms with van der Waals surface area (Å²) in [4.78, 5) is 27.0. The van der Waals surface area contributed by atoms with E-state index in [1.54, 1.807) is 51.5 Å². The highest BCUT2D eigenvalue weighted by atomic mass is 16.5. The standard InChI is InChI=1S/C21H22N2O5/c1-4-28-21(25)13-5-7-16(8-6-13)22-12-15-9-14-10-18(26-2)19(27-3)11-17(14)23-20(15)24/h5-11,22H,4,12H2,1-3H3,(H,23,24). The summed E-state index contributed by atoms with van der Waals surface area (Å²) in [6.45, 7) is 2.43. The van der Waals surface area contributed by atoms with Crippen LogP contribution in [-0.4, -0.2) is 31.8 Å². The molecule has 2 N–H and O–H groups in total. The number of anilines is 1. The highest BCUT2D eigenvalue weighted by molar-refractivity contribution is 5.89. The zero-order valence-electron chi connectivity index (χ0n) is 16.0. The summed E-state index contributed by atoms with van der Waals surface area (Å²) in [6.07, 6.45) is 0. The molecular formula is C21H22N2O5. The summed E-state index contributed by atoms with van der Waals surface area (Å²) in [5.41, 5.74) is 2.34. The summed E-state index contributed by atoms with van der Waals surface area (Å²) < 4.78 is 15.6. The molecule has 3 rings (SSSR count). The van der Waals surface area contributed by atoms with Crippen LogP contribution >= 0.6 is 0 Å². The van der Waals surface area contributed by atoms with Crippen molar-refractivity contribution in [2.24, 2.45) is 0 Å². The van der Waals surface area contributed by atoms with E-state index >= 15 is 0 Å². The van der Waals surface area contributed by atoms with E-state index in [1.165, 1.54) is 0 Å². The Bertz CT molecular complexity index is 1040. The Hall–Kier alpha value is -3.48. The molecule has 0 aliphatic rings. The highest BCUT2D eigenvalue weighted by Crippen LogP contribution is 2.31. The van der Waals surface area contributed by atoms with Crippen molar-refractivity contribution in [3.63, 3.8) is 0 Å². The quantitative estimate of drug-likeness (QED) is 0.609. The smallest absolute Gasteiger partial charge is 0.338 e. The van der Waals surface area contributed by atoms with Gasteiger partial charge in [-0.1, -0.05) is 0 Å². The monoisotopic (exact) mass is 382 g/mol. The molecule has 1 heterocycles. The molecule has 0 radical (unpaired) electrons. The second kappa shape index (κ2) is 8.47. The van der Waals surface area contributed by atoms with Crippen molar-refractivity contribution >= 4 is 22.6 Å². The largest absolute Gasteiger partial charge is 0.493 e. The van der Waals surface area contributed by atoms with E-state index in [2.05, 4.69) is 10.3 Å². The van der Waals surface area contributed by atoms with Crippen LogP contribution < -0.4 is 20.3 Å². The third kappa shape index (κ3) is 4.09. The maximum Gasteiger partial charge on any atom is 0.338 e. The maximum absolute atomic E-state index is 12.4. The lowest BCUT2D eigenvalue weighted by molar-refractivity contribution is 0.0526. The molecule has 0 saturated heterocycles. The van der Waals surface area contributed by atoms with Crippen LogP contribution in [0.15, 0.2) is 47.3 Å². The van der Waals surface area contributed by atoms with E-state index in [1.807, 2.05) is 12.1 Å². The molecule has 0 aliphatic carbocycles. The minimum Gasteiger partial charge on any atom is -0.493 e. The Balaban J connectivity index is 1.79. The third-order valence-electron chi connectivity index (χ3n) is 4.30. The summed E-state index contributed by atoms with van der Waals surface area (Å²) in [5.74, 6) is 0.790. The fraction of sp³-hybridized carbons (Fsp3) is 0.238. The predicted octanol–water partition coefficient (Wildman–Crippen LogP) is 3.33. The molecule has 2 aromatic carbocycles. The third-order valence-corrected chi connectivity index (χ3v) is 4.30. The Morgan fingerprint density at radius 2 is 1.71 bits per heavy atom. The van der Waals surface area contributed by atoms with Crippen molar-refractivity contribution in [3.8, 4) is 11.5 Å². The van der Waals surface area contributed by atoms with Gasteiger partial charge in [-0.2, -0.15) is 0 Å². The van der Waals surface area contributed by atoms with Gasteiger partial charge < -0.3 is 24.5 Å². The van der Waals surface area contributed by atoms with Gasteiger partial charge in [-0.25, -0.2) is 4.79 Å². The van der Waals surface area contributed by atoms with Crippen molar-refractivity contribution in [2.45, 2.75) is 13.5 Å². The molecule has 0 aliphatic heterocycles. The highest BCUT2D eigenvalue weighted by Gasteiger charge is 2.10. The van der Waals surface area contributed by atoms with Gasteiger partial charge in [-0.15, -0.1) is 0 Å². The molecule has 0 fully saturated rings. The number of pyridine rings is 1. The Kier molecular flexibility index (Phi) is 5.84. The number of rotatable bonds is 7. The van der Waals surface area contributed by atoms with Gasteiger partial charge in [0.2, 0.25) is 0 Å². The van der Waals surface area contributed by atoms with E-state index < -0.39 is 0 Å². The fourth-order valence-corrected chi connectivity index (χ4v) is 2.85. The number of aromatic amines is 1. The number of methoxy groups -OCH3 is 2. The number of H-pyrrole nitrogens is 1. The number of fused-ring (bicyclic) bond motifs is 1. The SMILES string of the molecule is CCOC(=O)c1ccc(NCc2cc3cc(OC)c(OC)cc3[nH]c2=O)cc1. The maximum atomic E-state index is 12.4. The predicted molar refractivity (Wildman–Crippen MR) is 107 cm³/mol. The van der Waals surface area contributed by atoms with E-state index in [-0.39, 0.29) is 11.5 Å². The van der Waals surface area contributed by atoms with Crippen molar-refractivity contribution in [3.05, 3.63) is 63.9 Å². The number of nitrogens with one attached hydrogen (secondary N) is 2. The van der Waals surface area contributed by atoms with Crippen LogP contribution in [0.2, 0.25) is 0 Å². The first-order valence-electron chi connectivity index (χ1n) is 8.84. The first-order valence-corrected chi connectivity index (χ1v) is 8.84. The summed E-state index contributed by atoms with van der Waals surface area (Å²) in [7, 11) is 3.12. The van der Waals surface area contributed by atoms with Gasteiger partial charge in [0.25, 0.3) is 5.56 Å². The average molecular weight is 382 g/mol. The number of carbonyl (C=O) groups excluding carboxylic acids is 1. The molecule has 0 atom stereocenters. The van der Waals surface area contributed by atoms with Crippen molar-refractivity contribution in [1.82, 2.24) is 4.98 Å². The van der Waals surface area contributed by atoms with Gasteiger partial charge in [0, 0.05) is 29.2 Å². The van der Waals surface area contributed by atoms with Crippen LogP contribution in [-0.2, 0) is 11.3 Å². The molecule has 1 aromatic heterocycles. The van der Waals surface area contributed by atoms with Crippen LogP contribution in [0.4, 0.5) is 5.69 Å². The number of aromatic nitrogens is 1. The van der Waals surface area contributed by atoms with Gasteiger partial charge in [0.05, 0.1) is 31.9 Å². The molecule has 0 unspecified atom stereocenters. The molecule has 0 spiro atoms. The molecule has 7 heteroatoms. The molecule has 28 heavy (non-hydrogen) atoms. The van der Waals surface area contributed by atoms with E-state index in [0.717, 1.165) is 11.1 Å². The number of hydrogen-bond donors (Lipinski definition) is 2. The first-order chi connectivity index (χ1) is 13.5. The zero-order chi connectivity index (χ0) is 20.1. The summed E-state index contributed by atoms with van der Waals surface area (Å²) in [5, 5.41) is 4.03. The lowest BCUT2D eigenvalue weighted by Crippen LogP contribution is -2.15. The Morgan fingerprint density at radius 3 is 2.36 bits per heavy atom. The van der Waals surface area contributed by atoms with Crippen LogP contribution in [0.25, 0.3) is 10.9 Å². The van der Waals surface area contributed by atoms with Crippen LogP contribution in [0, 0.1) is 0 Å². The Morgan fingerprint density at radius 1 is 1.04 bits per heavy atom. The topological polar surface area (TPSA) is 89.7 Å². The minimum absolute atomic E-state index is 0.185. The van der Waals surface area contributed by atoms with Gasteiger partial charge in [-0.3, -0.25) is 4.79 Å². The molecule has 146 valence electrons. The van der Waals surface area contributed by atoms with Crippen LogP contribution in [0.5, 0.6) is 11.5 Å². The second-order valence-electron chi connectivity index (χ2n) is 6.07.